The zero-order valence-corrected chi connectivity index (χ0v) is 10.0. The molecule has 1 atom stereocenters. The van der Waals surface area contributed by atoms with Crippen LogP contribution in [0.2, 0.25) is 0 Å². The summed E-state index contributed by atoms with van der Waals surface area (Å²) in [5.74, 6) is -0.365. The van der Waals surface area contributed by atoms with E-state index in [1.807, 2.05) is 20.8 Å². The highest BCUT2D eigenvalue weighted by molar-refractivity contribution is 6.37. The molecule has 5 nitrogen and oxygen atoms in total. The highest BCUT2D eigenvalue weighted by atomic mass is 16.7. The largest absolute Gasteiger partial charge is 0.455 e. The summed E-state index contributed by atoms with van der Waals surface area (Å²) in [7, 11) is 0. The van der Waals surface area contributed by atoms with Gasteiger partial charge >= 0.3 is 5.97 Å². The maximum atomic E-state index is 11.7. The van der Waals surface area contributed by atoms with Gasteiger partial charge in [-0.05, 0) is 27.3 Å². The first-order chi connectivity index (χ1) is 7.40. The number of rotatable bonds is 1. The molecule has 0 aromatic heterocycles. The van der Waals surface area contributed by atoms with Gasteiger partial charge in [0.15, 0.2) is 11.3 Å². The van der Waals surface area contributed by atoms with Gasteiger partial charge in [0.1, 0.15) is 5.60 Å². The first kappa shape index (κ1) is 11.4. The normalized spacial score (nSPS) is 29.1. The molecule has 90 valence electrons. The van der Waals surface area contributed by atoms with Crippen molar-refractivity contribution < 1.29 is 14.4 Å². The number of carbonyl (C=O) groups excluding carboxylic acids is 1. The Morgan fingerprint density at radius 2 is 2.31 bits per heavy atom. The summed E-state index contributed by atoms with van der Waals surface area (Å²) in [6, 6.07) is 0. The lowest BCUT2D eigenvalue weighted by Gasteiger charge is -2.20. The van der Waals surface area contributed by atoms with Gasteiger partial charge in [0, 0.05) is 19.4 Å². The van der Waals surface area contributed by atoms with Gasteiger partial charge in [-0.15, -0.1) is 0 Å². The van der Waals surface area contributed by atoms with Gasteiger partial charge in [0.05, 0.1) is 0 Å². The minimum atomic E-state index is -0.483. The Kier molecular flexibility index (Phi) is 2.66. The number of nitrogens with zero attached hydrogens (tertiary/aromatic N) is 1. The van der Waals surface area contributed by atoms with Crippen LogP contribution in [0.1, 0.15) is 33.6 Å². The molecule has 2 rings (SSSR count). The third kappa shape index (κ3) is 2.35. The van der Waals surface area contributed by atoms with Crippen LogP contribution in [-0.2, 0) is 14.4 Å². The summed E-state index contributed by atoms with van der Waals surface area (Å²) < 4.78 is 5.25. The number of hydrogen-bond donors (Lipinski definition) is 1. The molecular formula is C11H18N2O3. The summed E-state index contributed by atoms with van der Waals surface area (Å²) in [4.78, 5) is 17.1. The summed E-state index contributed by atoms with van der Waals surface area (Å²) in [6.45, 7) is 7.19. The van der Waals surface area contributed by atoms with Gasteiger partial charge in [0.25, 0.3) is 0 Å². The maximum absolute atomic E-state index is 11.7. The molecule has 0 radical (unpaired) electrons. The average molecular weight is 226 g/mol. The van der Waals surface area contributed by atoms with Gasteiger partial charge in [-0.25, -0.2) is 4.79 Å². The van der Waals surface area contributed by atoms with E-state index in [-0.39, 0.29) is 11.6 Å². The van der Waals surface area contributed by atoms with Crippen LogP contribution in [0.4, 0.5) is 0 Å². The van der Waals surface area contributed by atoms with Crippen molar-refractivity contribution in [2.45, 2.75) is 44.8 Å². The molecule has 0 aliphatic carbocycles. The zero-order valence-electron chi connectivity index (χ0n) is 10.0. The molecule has 0 aromatic carbocycles. The molecule has 2 aliphatic heterocycles. The van der Waals surface area contributed by atoms with Crippen molar-refractivity contribution in [3.8, 4) is 0 Å². The molecule has 0 bridgehead atoms. The first-order valence-electron chi connectivity index (χ1n) is 5.59. The standard InChI is InChI=1S/C11H18N2O3/c1-10(2,3)15-9(14)8-6-11(16-13-8)4-5-12-7-11/h12H,4-7H2,1-3H3. The topological polar surface area (TPSA) is 59.9 Å². The molecule has 0 amide bonds. The van der Waals surface area contributed by atoms with Crippen molar-refractivity contribution >= 4 is 11.7 Å². The molecule has 1 N–H and O–H groups in total. The molecule has 1 spiro atoms. The Morgan fingerprint density at radius 3 is 2.88 bits per heavy atom. The molecular weight excluding hydrogens is 208 g/mol. The third-order valence-corrected chi connectivity index (χ3v) is 2.68. The lowest BCUT2D eigenvalue weighted by Crippen LogP contribution is -2.34. The Bertz CT molecular complexity index is 325. The number of esters is 1. The molecule has 2 heterocycles. The van der Waals surface area contributed by atoms with Crippen LogP contribution in [0.25, 0.3) is 0 Å². The molecule has 1 saturated heterocycles. The van der Waals surface area contributed by atoms with Crippen LogP contribution in [-0.4, -0.2) is 36.0 Å². The Labute approximate surface area is 95.2 Å². The first-order valence-corrected chi connectivity index (χ1v) is 5.59. The number of carbonyl (C=O) groups is 1. The Balaban J connectivity index is 1.95. The summed E-state index contributed by atoms with van der Waals surface area (Å²) in [6.07, 6.45) is 1.44. The fourth-order valence-electron chi connectivity index (χ4n) is 1.92. The quantitative estimate of drug-likeness (QED) is 0.673. The molecule has 1 fully saturated rings. The second-order valence-electron chi connectivity index (χ2n) is 5.42. The van der Waals surface area contributed by atoms with Crippen molar-refractivity contribution in [1.29, 1.82) is 0 Å². The van der Waals surface area contributed by atoms with Gasteiger partial charge in [-0.3, -0.25) is 0 Å². The smallest absolute Gasteiger partial charge is 0.356 e. The van der Waals surface area contributed by atoms with Crippen molar-refractivity contribution in [2.75, 3.05) is 13.1 Å². The molecule has 2 aliphatic rings. The highest BCUT2D eigenvalue weighted by Gasteiger charge is 2.44. The van der Waals surface area contributed by atoms with E-state index in [1.54, 1.807) is 0 Å². The van der Waals surface area contributed by atoms with E-state index in [0.717, 1.165) is 19.5 Å². The minimum Gasteiger partial charge on any atom is -0.455 e. The van der Waals surface area contributed by atoms with Crippen LogP contribution >= 0.6 is 0 Å². The SMILES string of the molecule is CC(C)(C)OC(=O)C1=NOC2(CCNC2)C1. The maximum Gasteiger partial charge on any atom is 0.356 e. The molecule has 1 unspecified atom stereocenters. The summed E-state index contributed by atoms with van der Waals surface area (Å²) in [5.41, 5.74) is -0.381. The minimum absolute atomic E-state index is 0.299. The second-order valence-corrected chi connectivity index (χ2v) is 5.42. The molecule has 0 saturated carbocycles. The predicted molar refractivity (Wildman–Crippen MR) is 59.2 cm³/mol. The van der Waals surface area contributed by atoms with Crippen LogP contribution in [0.15, 0.2) is 5.16 Å². The van der Waals surface area contributed by atoms with E-state index in [4.69, 9.17) is 9.57 Å². The van der Waals surface area contributed by atoms with Crippen molar-refractivity contribution in [2.24, 2.45) is 5.16 Å². The van der Waals surface area contributed by atoms with Crippen molar-refractivity contribution in [3.05, 3.63) is 0 Å². The van der Waals surface area contributed by atoms with E-state index in [2.05, 4.69) is 10.5 Å². The van der Waals surface area contributed by atoms with Crippen LogP contribution < -0.4 is 5.32 Å². The fraction of sp³-hybridized carbons (Fsp3) is 0.818. The van der Waals surface area contributed by atoms with E-state index in [9.17, 15) is 4.79 Å². The second kappa shape index (κ2) is 3.73. The van der Waals surface area contributed by atoms with Crippen LogP contribution in [0, 0.1) is 0 Å². The van der Waals surface area contributed by atoms with Crippen LogP contribution in [0.3, 0.4) is 0 Å². The van der Waals surface area contributed by atoms with Gasteiger partial charge < -0.3 is 14.9 Å². The number of hydrogen-bond acceptors (Lipinski definition) is 5. The van der Waals surface area contributed by atoms with Gasteiger partial charge in [-0.2, -0.15) is 0 Å². The predicted octanol–water partition coefficient (Wildman–Crippen LogP) is 0.836. The van der Waals surface area contributed by atoms with Gasteiger partial charge in [0.2, 0.25) is 0 Å². The third-order valence-electron chi connectivity index (χ3n) is 2.68. The molecule has 16 heavy (non-hydrogen) atoms. The average Bonchev–Trinajstić information content (AvgIpc) is 2.74. The number of ether oxygens (including phenoxy) is 1. The zero-order chi connectivity index (χ0) is 11.8. The van der Waals surface area contributed by atoms with Crippen LogP contribution in [0.5, 0.6) is 0 Å². The summed E-state index contributed by atoms with van der Waals surface area (Å²) in [5, 5.41) is 7.07. The van der Waals surface area contributed by atoms with E-state index < -0.39 is 5.60 Å². The Morgan fingerprint density at radius 1 is 1.56 bits per heavy atom. The fourth-order valence-corrected chi connectivity index (χ4v) is 1.92. The summed E-state index contributed by atoms with van der Waals surface area (Å²) >= 11 is 0. The van der Waals surface area contributed by atoms with E-state index in [0.29, 0.717) is 12.1 Å². The monoisotopic (exact) mass is 226 g/mol. The van der Waals surface area contributed by atoms with Gasteiger partial charge in [-0.1, -0.05) is 5.16 Å². The van der Waals surface area contributed by atoms with E-state index >= 15 is 0 Å². The lowest BCUT2D eigenvalue weighted by molar-refractivity contribution is -0.146. The molecule has 5 heteroatoms. The highest BCUT2D eigenvalue weighted by Crippen LogP contribution is 2.30. The molecule has 0 aromatic rings. The Hall–Kier alpha value is -1.10. The van der Waals surface area contributed by atoms with Crippen molar-refractivity contribution in [1.82, 2.24) is 5.32 Å². The van der Waals surface area contributed by atoms with Crippen molar-refractivity contribution in [3.63, 3.8) is 0 Å². The number of oxime groups is 1. The van der Waals surface area contributed by atoms with E-state index in [1.165, 1.54) is 0 Å². The number of nitrogens with one attached hydrogen (secondary N) is 1. The lowest BCUT2D eigenvalue weighted by atomic mass is 9.96.